The molecule has 1 aliphatic carbocycles. The molecule has 1 aromatic rings. The molecule has 0 aromatic heterocycles. The molecule has 0 bridgehead atoms. The Morgan fingerprint density at radius 2 is 2.22 bits per heavy atom. The standard InChI is InChI=1S/C20H28BN3O3/c1-12-4-13(17-6-18(17)21)2-3-19(12)27-16-9-24(10-16)20(25)5-15-8-23-14(7-22)11-26-15/h2-4,14-18,23H,5-11,22H2,1H3. The number of likely N-dealkylation sites (tertiary alicyclic amines) is 1. The van der Waals surface area contributed by atoms with Crippen LogP contribution in [0.2, 0.25) is 5.82 Å². The fourth-order valence-electron chi connectivity index (χ4n) is 3.80. The van der Waals surface area contributed by atoms with E-state index in [-0.39, 0.29) is 24.2 Å². The predicted molar refractivity (Wildman–Crippen MR) is 104 cm³/mol. The summed E-state index contributed by atoms with van der Waals surface area (Å²) in [7, 11) is 5.94. The van der Waals surface area contributed by atoms with Gasteiger partial charge in [-0.25, -0.2) is 0 Å². The van der Waals surface area contributed by atoms with E-state index in [1.54, 1.807) is 0 Å². The largest absolute Gasteiger partial charge is 0.486 e. The lowest BCUT2D eigenvalue weighted by atomic mass is 9.96. The van der Waals surface area contributed by atoms with Crippen LogP contribution in [-0.4, -0.2) is 69.7 Å². The molecule has 4 unspecified atom stereocenters. The van der Waals surface area contributed by atoms with Gasteiger partial charge in [0.15, 0.2) is 0 Å². The average molecular weight is 369 g/mol. The second kappa shape index (κ2) is 7.82. The van der Waals surface area contributed by atoms with Crippen molar-refractivity contribution < 1.29 is 14.3 Å². The van der Waals surface area contributed by atoms with Crippen LogP contribution in [-0.2, 0) is 9.53 Å². The summed E-state index contributed by atoms with van der Waals surface area (Å²) in [4.78, 5) is 14.2. The van der Waals surface area contributed by atoms with Gasteiger partial charge in [-0.05, 0) is 30.0 Å². The second-order valence-corrected chi connectivity index (χ2v) is 8.07. The van der Waals surface area contributed by atoms with E-state index in [2.05, 4.69) is 24.4 Å². The monoisotopic (exact) mass is 369 g/mol. The van der Waals surface area contributed by atoms with Crippen LogP contribution in [0.4, 0.5) is 0 Å². The topological polar surface area (TPSA) is 76.8 Å². The minimum atomic E-state index is -0.0659. The van der Waals surface area contributed by atoms with Crippen molar-refractivity contribution in [3.8, 4) is 5.75 Å². The van der Waals surface area contributed by atoms with Gasteiger partial charge in [0.05, 0.1) is 40.1 Å². The molecule has 144 valence electrons. The predicted octanol–water partition coefficient (Wildman–Crippen LogP) is 0.735. The Bertz CT molecular complexity index is 687. The Hall–Kier alpha value is -1.57. The van der Waals surface area contributed by atoms with Crippen LogP contribution < -0.4 is 15.8 Å². The number of rotatable bonds is 6. The highest BCUT2D eigenvalue weighted by Gasteiger charge is 2.35. The molecule has 1 aromatic carbocycles. The number of carbonyl (C=O) groups excluding carboxylic acids is 1. The minimum Gasteiger partial charge on any atom is -0.486 e. The van der Waals surface area contributed by atoms with Gasteiger partial charge in [-0.2, -0.15) is 0 Å². The van der Waals surface area contributed by atoms with Crippen molar-refractivity contribution in [2.75, 3.05) is 32.8 Å². The number of nitrogens with one attached hydrogen (secondary N) is 1. The second-order valence-electron chi connectivity index (χ2n) is 8.07. The first kappa shape index (κ1) is 18.8. The highest BCUT2D eigenvalue weighted by atomic mass is 16.5. The first-order chi connectivity index (χ1) is 13.0. The van der Waals surface area contributed by atoms with Gasteiger partial charge < -0.3 is 25.4 Å². The van der Waals surface area contributed by atoms with Crippen LogP contribution in [0.25, 0.3) is 0 Å². The zero-order valence-corrected chi connectivity index (χ0v) is 15.9. The van der Waals surface area contributed by atoms with E-state index < -0.39 is 0 Å². The van der Waals surface area contributed by atoms with Gasteiger partial charge in [0.25, 0.3) is 0 Å². The summed E-state index contributed by atoms with van der Waals surface area (Å²) in [6.07, 6.45) is 1.48. The molecule has 1 saturated carbocycles. The summed E-state index contributed by atoms with van der Waals surface area (Å²) in [5.74, 6) is 1.85. The van der Waals surface area contributed by atoms with E-state index in [0.29, 0.717) is 50.9 Å². The Balaban J connectivity index is 1.21. The Morgan fingerprint density at radius 3 is 2.81 bits per heavy atom. The van der Waals surface area contributed by atoms with Crippen molar-refractivity contribution in [3.63, 3.8) is 0 Å². The molecule has 4 atom stereocenters. The maximum atomic E-state index is 12.4. The molecule has 0 spiro atoms. The summed E-state index contributed by atoms with van der Waals surface area (Å²) < 4.78 is 11.8. The zero-order valence-electron chi connectivity index (χ0n) is 15.9. The molecule has 3 aliphatic rings. The van der Waals surface area contributed by atoms with Crippen LogP contribution in [0.3, 0.4) is 0 Å². The van der Waals surface area contributed by atoms with Crippen LogP contribution in [0.1, 0.15) is 29.9 Å². The maximum absolute atomic E-state index is 12.4. The maximum Gasteiger partial charge on any atom is 0.225 e. The molecule has 2 saturated heterocycles. The number of amides is 1. The van der Waals surface area contributed by atoms with Gasteiger partial charge in [-0.15, -0.1) is 0 Å². The van der Waals surface area contributed by atoms with E-state index in [4.69, 9.17) is 23.1 Å². The number of benzene rings is 1. The van der Waals surface area contributed by atoms with Crippen molar-refractivity contribution >= 4 is 13.8 Å². The highest BCUT2D eigenvalue weighted by molar-refractivity contribution is 6.14. The molecule has 27 heavy (non-hydrogen) atoms. The third kappa shape index (κ3) is 4.31. The molecular formula is C20H28BN3O3. The first-order valence-electron chi connectivity index (χ1n) is 9.89. The fraction of sp³-hybridized carbons (Fsp3) is 0.650. The Labute approximate surface area is 162 Å². The number of ether oxygens (including phenoxy) is 2. The number of hydrogen-bond donors (Lipinski definition) is 2. The van der Waals surface area contributed by atoms with Gasteiger partial charge in [-0.1, -0.05) is 24.4 Å². The van der Waals surface area contributed by atoms with Crippen LogP contribution in [0.15, 0.2) is 18.2 Å². The van der Waals surface area contributed by atoms with Crippen molar-refractivity contribution in [2.24, 2.45) is 5.73 Å². The van der Waals surface area contributed by atoms with E-state index in [1.165, 1.54) is 5.56 Å². The minimum absolute atomic E-state index is 0.0636. The zero-order chi connectivity index (χ0) is 19.0. The lowest BCUT2D eigenvalue weighted by Crippen LogP contribution is -2.57. The highest BCUT2D eigenvalue weighted by Crippen LogP contribution is 2.50. The number of nitrogens with two attached hydrogens (primary N) is 1. The summed E-state index contributed by atoms with van der Waals surface area (Å²) >= 11 is 0. The quantitative estimate of drug-likeness (QED) is 0.724. The van der Waals surface area contributed by atoms with E-state index >= 15 is 0 Å². The number of nitrogens with zero attached hydrogens (tertiary/aromatic N) is 1. The summed E-state index contributed by atoms with van der Waals surface area (Å²) in [5.41, 5.74) is 8.05. The van der Waals surface area contributed by atoms with Gasteiger partial charge >= 0.3 is 0 Å². The van der Waals surface area contributed by atoms with E-state index in [0.717, 1.165) is 17.7 Å². The van der Waals surface area contributed by atoms with Crippen molar-refractivity contribution in [1.82, 2.24) is 10.2 Å². The molecule has 7 heteroatoms. The number of aryl methyl sites for hydroxylation is 1. The Kier molecular flexibility index (Phi) is 5.44. The Morgan fingerprint density at radius 1 is 1.44 bits per heavy atom. The van der Waals surface area contributed by atoms with E-state index in [1.807, 2.05) is 11.0 Å². The number of morpholine rings is 1. The van der Waals surface area contributed by atoms with Gasteiger partial charge in [0, 0.05) is 19.1 Å². The summed E-state index contributed by atoms with van der Waals surface area (Å²) in [6, 6.07) is 6.53. The van der Waals surface area contributed by atoms with Crippen molar-refractivity contribution in [3.05, 3.63) is 29.3 Å². The molecule has 2 heterocycles. The van der Waals surface area contributed by atoms with Gasteiger partial charge in [0.2, 0.25) is 5.91 Å². The molecule has 2 radical (unpaired) electrons. The van der Waals surface area contributed by atoms with Crippen molar-refractivity contribution in [2.45, 2.75) is 49.8 Å². The van der Waals surface area contributed by atoms with Crippen LogP contribution in [0.5, 0.6) is 5.75 Å². The number of carbonyl (C=O) groups is 1. The molecule has 3 fully saturated rings. The normalized spacial score (nSPS) is 30.7. The van der Waals surface area contributed by atoms with Gasteiger partial charge in [0.1, 0.15) is 11.9 Å². The molecule has 4 rings (SSSR count). The summed E-state index contributed by atoms with van der Waals surface area (Å²) in [6.45, 7) is 5.15. The van der Waals surface area contributed by atoms with Crippen molar-refractivity contribution in [1.29, 1.82) is 0 Å². The third-order valence-corrected chi connectivity index (χ3v) is 5.82. The lowest BCUT2D eigenvalue weighted by Gasteiger charge is -2.40. The molecule has 1 amide bonds. The molecule has 6 nitrogen and oxygen atoms in total. The lowest BCUT2D eigenvalue weighted by molar-refractivity contribution is -0.143. The van der Waals surface area contributed by atoms with Crippen LogP contribution in [0, 0.1) is 6.92 Å². The fourth-order valence-corrected chi connectivity index (χ4v) is 3.80. The number of hydrogen-bond acceptors (Lipinski definition) is 5. The summed E-state index contributed by atoms with van der Waals surface area (Å²) in [5, 5.41) is 3.31. The van der Waals surface area contributed by atoms with E-state index in [9.17, 15) is 4.79 Å². The molecular weight excluding hydrogens is 341 g/mol. The molecule has 2 aliphatic heterocycles. The molecule has 3 N–H and O–H groups in total. The van der Waals surface area contributed by atoms with Gasteiger partial charge in [-0.3, -0.25) is 4.79 Å². The average Bonchev–Trinajstić information content (AvgIpc) is 3.36. The smallest absolute Gasteiger partial charge is 0.225 e. The van der Waals surface area contributed by atoms with Crippen LogP contribution >= 0.6 is 0 Å². The first-order valence-corrected chi connectivity index (χ1v) is 9.89. The third-order valence-electron chi connectivity index (χ3n) is 5.82. The SMILES string of the molecule is [B]C1CC1c1ccc(OC2CN(C(=O)CC3CNC(CN)CO3)C2)c(C)c1.